The highest BCUT2D eigenvalue weighted by Gasteiger charge is 2.19. The molecular formula is C43H74N2O5. The van der Waals surface area contributed by atoms with Crippen LogP contribution in [0.2, 0.25) is 0 Å². The predicted octanol–water partition coefficient (Wildman–Crippen LogP) is 11.0. The minimum absolute atomic E-state index is 0.0304. The molecule has 50 heavy (non-hydrogen) atoms. The van der Waals surface area contributed by atoms with Crippen LogP contribution in [0.4, 0.5) is 0 Å². The maximum atomic E-state index is 12.7. The number of unbranched alkanes of at least 4 members (excludes halogenated alkanes) is 11. The van der Waals surface area contributed by atoms with Gasteiger partial charge in [0.2, 0.25) is 5.91 Å². The zero-order valence-corrected chi connectivity index (χ0v) is 32.0. The molecular weight excluding hydrogens is 624 g/mol. The van der Waals surface area contributed by atoms with Gasteiger partial charge in [0.25, 0.3) is 0 Å². The number of nitrogens with two attached hydrogens (primary N) is 1. The summed E-state index contributed by atoms with van der Waals surface area (Å²) in [5.41, 5.74) is 5.47. The Balaban J connectivity index is 4.22. The van der Waals surface area contributed by atoms with E-state index < -0.39 is 12.0 Å². The summed E-state index contributed by atoms with van der Waals surface area (Å²) < 4.78 is 5.96. The molecule has 0 saturated heterocycles. The van der Waals surface area contributed by atoms with Gasteiger partial charge in [-0.2, -0.15) is 0 Å². The average molecular weight is 699 g/mol. The lowest BCUT2D eigenvalue weighted by Crippen LogP contribution is -2.40. The normalized spacial score (nSPS) is 13.3. The molecule has 286 valence electrons. The maximum absolute atomic E-state index is 12.7. The molecule has 2 atom stereocenters. The molecule has 0 bridgehead atoms. The quantitative estimate of drug-likeness (QED) is 0.0344. The molecule has 0 aliphatic rings. The van der Waals surface area contributed by atoms with Gasteiger partial charge in [0.15, 0.2) is 0 Å². The van der Waals surface area contributed by atoms with Crippen molar-refractivity contribution < 1.29 is 24.2 Å². The second-order valence-corrected chi connectivity index (χ2v) is 13.3. The third kappa shape index (κ3) is 33.6. The zero-order chi connectivity index (χ0) is 36.8. The Morgan fingerprint density at radius 1 is 0.600 bits per heavy atom. The average Bonchev–Trinajstić information content (AvgIpc) is 3.10. The molecule has 7 heteroatoms. The molecule has 0 aromatic carbocycles. The number of esters is 1. The minimum atomic E-state index is -1.01. The molecule has 0 saturated carbocycles. The largest absolute Gasteiger partial charge is 0.480 e. The summed E-state index contributed by atoms with van der Waals surface area (Å²) in [6, 6.07) is -0.868. The molecule has 1 amide bonds. The van der Waals surface area contributed by atoms with E-state index in [1.54, 1.807) is 0 Å². The van der Waals surface area contributed by atoms with Crippen LogP contribution in [0.1, 0.15) is 174 Å². The first kappa shape index (κ1) is 47.1. The number of nitrogens with one attached hydrogen (secondary N) is 1. The van der Waals surface area contributed by atoms with Gasteiger partial charge in [0.05, 0.1) is 0 Å². The summed E-state index contributed by atoms with van der Waals surface area (Å²) in [7, 11) is 0. The number of allylic oxidation sites excluding steroid dienone is 10. The number of carbonyl (C=O) groups excluding carboxylic acids is 2. The third-order valence-electron chi connectivity index (χ3n) is 8.60. The van der Waals surface area contributed by atoms with Crippen LogP contribution in [0.5, 0.6) is 0 Å². The van der Waals surface area contributed by atoms with Crippen molar-refractivity contribution in [3.8, 4) is 0 Å². The van der Waals surface area contributed by atoms with Crippen molar-refractivity contribution in [1.82, 2.24) is 5.32 Å². The Morgan fingerprint density at radius 3 is 1.66 bits per heavy atom. The highest BCUT2D eigenvalue weighted by atomic mass is 16.5. The lowest BCUT2D eigenvalue weighted by Gasteiger charge is -2.18. The topological polar surface area (TPSA) is 119 Å². The lowest BCUT2D eigenvalue weighted by atomic mass is 10.0. The zero-order valence-electron chi connectivity index (χ0n) is 32.0. The summed E-state index contributed by atoms with van der Waals surface area (Å²) in [4.78, 5) is 36.2. The van der Waals surface area contributed by atoms with Crippen LogP contribution in [-0.2, 0) is 19.1 Å². The van der Waals surface area contributed by atoms with Gasteiger partial charge in [-0.3, -0.25) is 9.59 Å². The molecule has 0 aromatic heterocycles. The van der Waals surface area contributed by atoms with Crippen molar-refractivity contribution >= 4 is 17.8 Å². The molecule has 0 aromatic rings. The van der Waals surface area contributed by atoms with E-state index in [0.717, 1.165) is 103 Å². The number of aliphatic carboxylic acids is 1. The number of ether oxygens (including phenoxy) is 1. The van der Waals surface area contributed by atoms with Gasteiger partial charge in [-0.25, -0.2) is 4.79 Å². The SMILES string of the molecule is CC/C=C\C/C=C\C/C=C\C/C=C\C/C=C\CCCCCC(=O)OC(CCCCCCCC)CCCCCCC(=O)NC(CCCN)C(=O)O. The number of carbonyl (C=O) groups is 3. The highest BCUT2D eigenvalue weighted by Crippen LogP contribution is 2.18. The molecule has 0 heterocycles. The summed E-state index contributed by atoms with van der Waals surface area (Å²) in [5.74, 6) is -1.31. The van der Waals surface area contributed by atoms with E-state index in [1.165, 1.54) is 32.1 Å². The van der Waals surface area contributed by atoms with Gasteiger partial charge in [0.1, 0.15) is 12.1 Å². The van der Waals surface area contributed by atoms with Gasteiger partial charge in [-0.15, -0.1) is 0 Å². The lowest BCUT2D eigenvalue weighted by molar-refractivity contribution is -0.150. The standard InChI is InChI=1S/C43H74N2O5/c1-3-5-7-9-11-12-13-14-15-16-17-18-19-20-21-22-23-25-31-37-42(47)50-39(33-28-24-10-8-6-4-2)34-29-26-27-30-36-41(46)45-40(43(48)49)35-32-38-44/h5,7,11-12,14-15,17-18,20-21,39-40H,3-4,6,8-10,13,16,19,22-38,44H2,1-2H3,(H,45,46)(H,48,49)/b7-5-,12-11-,15-14-,18-17-,21-20-. The van der Waals surface area contributed by atoms with E-state index in [9.17, 15) is 19.5 Å². The number of hydrogen-bond acceptors (Lipinski definition) is 5. The monoisotopic (exact) mass is 699 g/mol. The Hall–Kier alpha value is -2.93. The highest BCUT2D eigenvalue weighted by molar-refractivity contribution is 5.83. The fraction of sp³-hybridized carbons (Fsp3) is 0.698. The summed E-state index contributed by atoms with van der Waals surface area (Å²) in [6.07, 6.45) is 45.5. The van der Waals surface area contributed by atoms with Crippen LogP contribution in [-0.4, -0.2) is 41.6 Å². The fourth-order valence-electron chi connectivity index (χ4n) is 5.59. The maximum Gasteiger partial charge on any atom is 0.326 e. The Bertz CT molecular complexity index is 968. The van der Waals surface area contributed by atoms with Crippen molar-refractivity contribution in [2.75, 3.05) is 6.54 Å². The van der Waals surface area contributed by atoms with E-state index in [4.69, 9.17) is 10.5 Å². The summed E-state index contributed by atoms with van der Waals surface area (Å²) >= 11 is 0. The Labute approximate surface area is 306 Å². The van der Waals surface area contributed by atoms with E-state index in [0.29, 0.717) is 32.2 Å². The molecule has 0 rings (SSSR count). The van der Waals surface area contributed by atoms with Crippen molar-refractivity contribution in [1.29, 1.82) is 0 Å². The fourth-order valence-corrected chi connectivity index (χ4v) is 5.59. The molecule has 7 nitrogen and oxygen atoms in total. The van der Waals surface area contributed by atoms with Crippen LogP contribution in [0.15, 0.2) is 60.8 Å². The first-order chi connectivity index (χ1) is 24.4. The summed E-state index contributed by atoms with van der Waals surface area (Å²) in [5, 5.41) is 11.9. The van der Waals surface area contributed by atoms with Gasteiger partial charge in [-0.05, 0) is 103 Å². The van der Waals surface area contributed by atoms with E-state index in [-0.39, 0.29) is 18.0 Å². The first-order valence-electron chi connectivity index (χ1n) is 20.1. The Morgan fingerprint density at radius 2 is 1.10 bits per heavy atom. The number of rotatable bonds is 35. The number of carboxylic acids is 1. The third-order valence-corrected chi connectivity index (χ3v) is 8.60. The van der Waals surface area contributed by atoms with Crippen molar-refractivity contribution in [3.63, 3.8) is 0 Å². The van der Waals surface area contributed by atoms with Crippen LogP contribution < -0.4 is 11.1 Å². The van der Waals surface area contributed by atoms with Gasteiger partial charge < -0.3 is 20.9 Å². The summed E-state index contributed by atoms with van der Waals surface area (Å²) in [6.45, 7) is 4.78. The van der Waals surface area contributed by atoms with Gasteiger partial charge in [-0.1, -0.05) is 126 Å². The van der Waals surface area contributed by atoms with Crippen molar-refractivity contribution in [3.05, 3.63) is 60.8 Å². The molecule has 0 aliphatic heterocycles. The van der Waals surface area contributed by atoms with E-state index in [2.05, 4.69) is 79.9 Å². The second kappa shape index (κ2) is 37.3. The number of hydrogen-bond donors (Lipinski definition) is 3. The van der Waals surface area contributed by atoms with Crippen molar-refractivity contribution in [2.24, 2.45) is 5.73 Å². The second-order valence-electron chi connectivity index (χ2n) is 13.3. The molecule has 4 N–H and O–H groups in total. The first-order valence-corrected chi connectivity index (χ1v) is 20.1. The van der Waals surface area contributed by atoms with Crippen LogP contribution in [0, 0.1) is 0 Å². The van der Waals surface area contributed by atoms with Crippen LogP contribution in [0.25, 0.3) is 0 Å². The van der Waals surface area contributed by atoms with E-state index in [1.807, 2.05) is 0 Å². The molecule has 0 aliphatic carbocycles. The van der Waals surface area contributed by atoms with Crippen molar-refractivity contribution in [2.45, 2.75) is 187 Å². The van der Waals surface area contributed by atoms with E-state index >= 15 is 0 Å². The molecule has 2 unspecified atom stereocenters. The van der Waals surface area contributed by atoms with Gasteiger partial charge in [0, 0.05) is 12.8 Å². The van der Waals surface area contributed by atoms with Crippen LogP contribution in [0.3, 0.4) is 0 Å². The Kier molecular flexibility index (Phi) is 35.1. The molecule has 0 radical (unpaired) electrons. The number of carboxylic acid groups (broad SMARTS) is 1. The molecule has 0 spiro atoms. The van der Waals surface area contributed by atoms with Gasteiger partial charge >= 0.3 is 11.9 Å². The smallest absolute Gasteiger partial charge is 0.326 e. The predicted molar refractivity (Wildman–Crippen MR) is 211 cm³/mol. The molecule has 0 fully saturated rings. The number of amides is 1. The van der Waals surface area contributed by atoms with Crippen LogP contribution >= 0.6 is 0 Å². The minimum Gasteiger partial charge on any atom is -0.480 e.